The zero-order valence-electron chi connectivity index (χ0n) is 19.2. The van der Waals surface area contributed by atoms with Crippen LogP contribution in [0.5, 0.6) is 0 Å². The van der Waals surface area contributed by atoms with E-state index in [1.54, 1.807) is 44.4 Å². The summed E-state index contributed by atoms with van der Waals surface area (Å²) in [5, 5.41) is 6.32. The molecular formula is C21H24Cl3N3O6S2. The van der Waals surface area contributed by atoms with Gasteiger partial charge in [-0.2, -0.15) is 0 Å². The van der Waals surface area contributed by atoms with Crippen LogP contribution >= 0.6 is 57.9 Å². The number of β-lactam (4-membered cyclic amide) rings is 1. The van der Waals surface area contributed by atoms with Gasteiger partial charge in [0.15, 0.2) is 0 Å². The molecule has 2 aliphatic heterocycles. The van der Waals surface area contributed by atoms with Gasteiger partial charge in [0.1, 0.15) is 35.4 Å². The van der Waals surface area contributed by atoms with E-state index in [1.165, 1.54) is 28.0 Å². The molecule has 14 heteroatoms. The standard InChI is InChI=1S/C21H24Cl3N3O6S2/c1-10-8-11(18(30)32-9-21(22,23)24)27-16(29)14(17(27)35-10)25-15(28)13(12-6-5-7-34-12)26-19(31)33-20(2,3)4/h5-8,10,13-14,17H,9H2,1-4H3,(H,25,28)(H,26,31)/t10?,13?,14?,17-/m1/s1. The van der Waals surface area contributed by atoms with Crippen molar-refractivity contribution >= 4 is 81.8 Å². The number of nitrogens with zero attached hydrogens (tertiary/aromatic N) is 1. The van der Waals surface area contributed by atoms with Crippen molar-refractivity contribution in [3.63, 3.8) is 0 Å². The number of hydrogen-bond acceptors (Lipinski definition) is 8. The lowest BCUT2D eigenvalue weighted by atomic mass is 10.0. The van der Waals surface area contributed by atoms with Gasteiger partial charge in [0.05, 0.1) is 0 Å². The first-order valence-corrected chi connectivity index (χ1v) is 13.4. The highest BCUT2D eigenvalue weighted by molar-refractivity contribution is 8.00. The summed E-state index contributed by atoms with van der Waals surface area (Å²) in [4.78, 5) is 52.8. The van der Waals surface area contributed by atoms with Crippen molar-refractivity contribution in [3.8, 4) is 0 Å². The van der Waals surface area contributed by atoms with Crippen molar-refractivity contribution in [3.05, 3.63) is 34.2 Å². The average Bonchev–Trinajstić information content (AvgIpc) is 3.26. The number of amides is 3. The quantitative estimate of drug-likeness (QED) is 0.296. The van der Waals surface area contributed by atoms with Gasteiger partial charge >= 0.3 is 12.1 Å². The molecule has 9 nitrogen and oxygen atoms in total. The van der Waals surface area contributed by atoms with Gasteiger partial charge in [0, 0.05) is 10.1 Å². The largest absolute Gasteiger partial charge is 0.456 e. The molecule has 2 aliphatic rings. The van der Waals surface area contributed by atoms with Crippen molar-refractivity contribution in [2.75, 3.05) is 6.61 Å². The number of alkyl halides is 3. The molecule has 0 aromatic carbocycles. The Labute approximate surface area is 225 Å². The number of rotatable bonds is 6. The van der Waals surface area contributed by atoms with Crippen LogP contribution in [0.4, 0.5) is 4.79 Å². The number of carbonyl (C=O) groups excluding carboxylic acids is 4. The molecule has 3 rings (SSSR count). The minimum Gasteiger partial charge on any atom is -0.456 e. The fourth-order valence-corrected chi connectivity index (χ4v) is 5.59. The van der Waals surface area contributed by atoms with Crippen molar-refractivity contribution in [1.29, 1.82) is 0 Å². The Bertz CT molecular complexity index is 1020. The number of esters is 1. The molecule has 0 aliphatic carbocycles. The zero-order valence-corrected chi connectivity index (χ0v) is 23.1. The number of halogens is 3. The minimum absolute atomic E-state index is 0.0210. The summed E-state index contributed by atoms with van der Waals surface area (Å²) in [6.07, 6.45) is 0.811. The van der Waals surface area contributed by atoms with Gasteiger partial charge in [-0.3, -0.25) is 14.5 Å². The fraction of sp³-hybridized carbons (Fsp3) is 0.524. The maximum atomic E-state index is 13.2. The molecule has 0 bridgehead atoms. The molecule has 1 aromatic heterocycles. The van der Waals surface area contributed by atoms with Crippen molar-refractivity contribution in [1.82, 2.24) is 15.5 Å². The van der Waals surface area contributed by atoms with Crippen LogP contribution in [0.1, 0.15) is 38.6 Å². The lowest BCUT2D eigenvalue weighted by Crippen LogP contribution is -2.71. The highest BCUT2D eigenvalue weighted by Gasteiger charge is 2.54. The van der Waals surface area contributed by atoms with E-state index in [9.17, 15) is 19.2 Å². The van der Waals surface area contributed by atoms with Gasteiger partial charge in [-0.1, -0.05) is 40.9 Å². The number of nitrogens with one attached hydrogen (secondary N) is 2. The summed E-state index contributed by atoms with van der Waals surface area (Å²) in [5.41, 5.74) is -0.736. The Morgan fingerprint density at radius 1 is 1.23 bits per heavy atom. The van der Waals surface area contributed by atoms with E-state index in [0.29, 0.717) is 4.88 Å². The summed E-state index contributed by atoms with van der Waals surface area (Å²) >= 11 is 19.6. The molecule has 3 heterocycles. The van der Waals surface area contributed by atoms with E-state index >= 15 is 0 Å². The van der Waals surface area contributed by atoms with Crippen LogP contribution in [0.2, 0.25) is 0 Å². The third kappa shape index (κ3) is 7.19. The molecule has 0 saturated carbocycles. The van der Waals surface area contributed by atoms with Crippen molar-refractivity contribution in [2.45, 2.75) is 59.8 Å². The van der Waals surface area contributed by atoms with Crippen LogP contribution in [0.15, 0.2) is 29.3 Å². The molecule has 1 saturated heterocycles. The van der Waals surface area contributed by atoms with Crippen LogP contribution in [-0.2, 0) is 23.9 Å². The van der Waals surface area contributed by atoms with Gasteiger partial charge in [-0.15, -0.1) is 23.1 Å². The second-order valence-electron chi connectivity index (χ2n) is 8.76. The van der Waals surface area contributed by atoms with Crippen molar-refractivity contribution in [2.24, 2.45) is 0 Å². The molecule has 4 atom stereocenters. The molecule has 0 radical (unpaired) electrons. The summed E-state index contributed by atoms with van der Waals surface area (Å²) in [6, 6.07) is 1.45. The van der Waals surface area contributed by atoms with E-state index in [1.807, 2.05) is 6.92 Å². The molecule has 3 unspecified atom stereocenters. The molecule has 3 amide bonds. The van der Waals surface area contributed by atoms with Crippen LogP contribution in [0.3, 0.4) is 0 Å². The van der Waals surface area contributed by atoms with E-state index in [2.05, 4.69) is 10.6 Å². The Hall–Kier alpha value is -1.66. The maximum absolute atomic E-state index is 13.2. The molecule has 192 valence electrons. The summed E-state index contributed by atoms with van der Waals surface area (Å²) in [6.45, 7) is 6.48. The number of thioether (sulfide) groups is 1. The Morgan fingerprint density at radius 2 is 1.91 bits per heavy atom. The third-order valence-corrected chi connectivity index (χ3v) is 7.27. The van der Waals surface area contributed by atoms with Gasteiger partial charge in [0.2, 0.25) is 9.70 Å². The van der Waals surface area contributed by atoms with Crippen LogP contribution in [0, 0.1) is 0 Å². The Balaban J connectivity index is 1.71. The third-order valence-electron chi connectivity index (χ3n) is 4.67. The predicted molar refractivity (Wildman–Crippen MR) is 135 cm³/mol. The lowest BCUT2D eigenvalue weighted by Gasteiger charge is -2.50. The number of thiophene rings is 1. The number of fused-ring (bicyclic) bond motifs is 1. The highest BCUT2D eigenvalue weighted by Crippen LogP contribution is 2.41. The molecule has 1 fully saturated rings. The van der Waals surface area contributed by atoms with Gasteiger partial charge < -0.3 is 20.1 Å². The first kappa shape index (κ1) is 27.9. The SMILES string of the molecule is CC1C=C(C(=O)OCC(Cl)(Cl)Cl)N2C(=O)C(NC(=O)C(NC(=O)OC(C)(C)C)c3cccs3)[C@H]2S1. The number of ether oxygens (including phenoxy) is 2. The monoisotopic (exact) mass is 583 g/mol. The predicted octanol–water partition coefficient (Wildman–Crippen LogP) is 3.90. The second kappa shape index (κ2) is 10.8. The number of carbonyl (C=O) groups is 4. The lowest BCUT2D eigenvalue weighted by molar-refractivity contribution is -0.153. The van der Waals surface area contributed by atoms with Gasteiger partial charge in [-0.25, -0.2) is 9.59 Å². The molecule has 1 aromatic rings. The maximum Gasteiger partial charge on any atom is 0.408 e. The number of alkyl carbamates (subject to hydrolysis) is 1. The van der Waals surface area contributed by atoms with Crippen LogP contribution in [-0.4, -0.2) is 61.4 Å². The molecular weight excluding hydrogens is 561 g/mol. The molecule has 0 spiro atoms. The first-order chi connectivity index (χ1) is 16.2. The number of hydrogen-bond donors (Lipinski definition) is 2. The summed E-state index contributed by atoms with van der Waals surface area (Å²) < 4.78 is 8.51. The first-order valence-electron chi connectivity index (χ1n) is 10.4. The Kier molecular flexibility index (Phi) is 8.58. The van der Waals surface area contributed by atoms with Crippen molar-refractivity contribution < 1.29 is 28.7 Å². The Morgan fingerprint density at radius 3 is 2.49 bits per heavy atom. The normalized spacial score (nSPS) is 22.8. The molecule has 2 N–H and O–H groups in total. The van der Waals surface area contributed by atoms with E-state index in [4.69, 9.17) is 44.3 Å². The minimum atomic E-state index is -1.79. The van der Waals surface area contributed by atoms with Crippen LogP contribution in [0.25, 0.3) is 0 Å². The zero-order chi connectivity index (χ0) is 26.1. The van der Waals surface area contributed by atoms with Gasteiger partial charge in [0.25, 0.3) is 5.91 Å². The smallest absolute Gasteiger partial charge is 0.408 e. The summed E-state index contributed by atoms with van der Waals surface area (Å²) in [5.74, 6) is -1.89. The van der Waals surface area contributed by atoms with E-state index in [0.717, 1.165) is 0 Å². The van der Waals surface area contributed by atoms with Gasteiger partial charge in [-0.05, 0) is 45.2 Å². The topological polar surface area (TPSA) is 114 Å². The van der Waals surface area contributed by atoms with E-state index < -0.39 is 57.3 Å². The molecule has 35 heavy (non-hydrogen) atoms. The summed E-state index contributed by atoms with van der Waals surface area (Å²) in [7, 11) is 0. The van der Waals surface area contributed by atoms with E-state index in [-0.39, 0.29) is 10.9 Å². The average molecular weight is 585 g/mol. The van der Waals surface area contributed by atoms with Crippen LogP contribution < -0.4 is 10.6 Å². The second-order valence-corrected chi connectivity index (χ2v) is 13.8. The highest BCUT2D eigenvalue weighted by atomic mass is 35.6. The fourth-order valence-electron chi connectivity index (χ4n) is 3.33.